The molecule has 0 saturated carbocycles. The first-order valence-electron chi connectivity index (χ1n) is 9.55. The van der Waals surface area contributed by atoms with E-state index in [1.54, 1.807) is 0 Å². The zero-order chi connectivity index (χ0) is 21.9. The van der Waals surface area contributed by atoms with Gasteiger partial charge in [0.05, 0.1) is 24.6 Å². The lowest BCUT2D eigenvalue weighted by Crippen LogP contribution is -2.38. The molecule has 5 nitrogen and oxygen atoms in total. The predicted octanol–water partition coefficient (Wildman–Crippen LogP) is 4.62. The number of aryl methyl sites for hydroxylation is 1. The van der Waals surface area contributed by atoms with Gasteiger partial charge in [-0.15, -0.1) is 11.3 Å². The molecule has 2 aromatic rings. The molecule has 0 bridgehead atoms. The van der Waals surface area contributed by atoms with Crippen LogP contribution in [0.4, 0.5) is 22.7 Å². The Labute approximate surface area is 175 Å². The van der Waals surface area contributed by atoms with E-state index in [-0.39, 0.29) is 30.8 Å². The van der Waals surface area contributed by atoms with Crippen LogP contribution in [0.1, 0.15) is 29.0 Å². The molecular formula is C20H22F4N2O3S. The van der Waals surface area contributed by atoms with Gasteiger partial charge in [-0.05, 0) is 25.8 Å². The summed E-state index contributed by atoms with van der Waals surface area (Å²) >= 11 is 1.43. The van der Waals surface area contributed by atoms with Crippen molar-refractivity contribution in [2.45, 2.75) is 38.8 Å². The van der Waals surface area contributed by atoms with Gasteiger partial charge in [-0.2, -0.15) is 13.2 Å². The molecule has 0 radical (unpaired) electrons. The normalized spacial score (nSPS) is 15.4. The number of carbonyl (C=O) groups is 1. The maximum absolute atomic E-state index is 14.3. The summed E-state index contributed by atoms with van der Waals surface area (Å²) in [6.45, 7) is 2.66. The van der Waals surface area contributed by atoms with Gasteiger partial charge in [0.2, 0.25) is 0 Å². The molecule has 1 aliphatic heterocycles. The van der Waals surface area contributed by atoms with Crippen LogP contribution in [0.25, 0.3) is 0 Å². The Kier molecular flexibility index (Phi) is 6.84. The molecule has 1 aromatic carbocycles. The van der Waals surface area contributed by atoms with Crippen LogP contribution in [-0.2, 0) is 17.6 Å². The van der Waals surface area contributed by atoms with E-state index >= 15 is 0 Å². The summed E-state index contributed by atoms with van der Waals surface area (Å²) in [4.78, 5) is 18.1. The molecule has 1 N–H and O–H groups in total. The van der Waals surface area contributed by atoms with Crippen LogP contribution in [0.3, 0.4) is 0 Å². The molecule has 2 heterocycles. The summed E-state index contributed by atoms with van der Waals surface area (Å²) in [5, 5.41) is 9.52. The number of thiazole rings is 1. The summed E-state index contributed by atoms with van der Waals surface area (Å²) < 4.78 is 58.3. The minimum atomic E-state index is -4.15. The number of hydrogen-bond donors (Lipinski definition) is 1. The number of halogens is 4. The molecule has 3 rings (SSSR count). The van der Waals surface area contributed by atoms with Crippen molar-refractivity contribution in [2.24, 2.45) is 5.92 Å². The Hall–Kier alpha value is -2.36. The van der Waals surface area contributed by atoms with Crippen molar-refractivity contribution in [3.05, 3.63) is 40.2 Å². The molecule has 1 saturated heterocycles. The summed E-state index contributed by atoms with van der Waals surface area (Å²) in [6.07, 6.45) is -4.05. The minimum Gasteiger partial charge on any atom is -0.490 e. The monoisotopic (exact) mass is 446 g/mol. The fraction of sp³-hybridized carbons (Fsp3) is 0.500. The highest BCUT2D eigenvalue weighted by atomic mass is 32.1. The number of piperidine rings is 1. The second-order valence-electron chi connectivity index (χ2n) is 7.20. The van der Waals surface area contributed by atoms with Crippen LogP contribution in [0, 0.1) is 18.7 Å². The second kappa shape index (κ2) is 9.20. The van der Waals surface area contributed by atoms with E-state index in [9.17, 15) is 22.4 Å². The molecule has 164 valence electrons. The highest BCUT2D eigenvalue weighted by molar-refractivity contribution is 7.15. The standard InChI is InChI=1S/C20H22F4N2O3S/c1-12-15(7-10-29-16-4-2-3-13(18(16)21)11-17(27)28)25-19(30-12)26-8-5-14(6-9-26)20(22,23)24/h2-4,14H,5-11H2,1H3,(H,27,28). The SMILES string of the molecule is Cc1sc(N2CCC(C(F)(F)F)CC2)nc1CCOc1cccc(CC(=O)O)c1F. The number of carboxylic acids is 1. The number of alkyl halides is 3. The van der Waals surface area contributed by atoms with Gasteiger partial charge in [-0.25, -0.2) is 9.37 Å². The average Bonchev–Trinajstić information content (AvgIpc) is 3.04. The molecule has 0 atom stereocenters. The Morgan fingerprint density at radius 2 is 2.03 bits per heavy atom. The first-order chi connectivity index (χ1) is 14.1. The molecule has 30 heavy (non-hydrogen) atoms. The van der Waals surface area contributed by atoms with Crippen molar-refractivity contribution in [1.29, 1.82) is 0 Å². The van der Waals surface area contributed by atoms with Crippen molar-refractivity contribution in [3.8, 4) is 5.75 Å². The number of aromatic nitrogens is 1. The number of aliphatic carboxylic acids is 1. The van der Waals surface area contributed by atoms with E-state index in [4.69, 9.17) is 9.84 Å². The van der Waals surface area contributed by atoms with Crippen LogP contribution in [0.15, 0.2) is 18.2 Å². The number of nitrogens with zero attached hydrogens (tertiary/aromatic N) is 2. The van der Waals surface area contributed by atoms with E-state index in [0.717, 1.165) is 10.6 Å². The van der Waals surface area contributed by atoms with Crippen molar-refractivity contribution in [3.63, 3.8) is 0 Å². The van der Waals surface area contributed by atoms with Crippen LogP contribution < -0.4 is 9.64 Å². The predicted molar refractivity (Wildman–Crippen MR) is 105 cm³/mol. The summed E-state index contributed by atoms with van der Waals surface area (Å²) in [5.74, 6) is -3.09. The van der Waals surface area contributed by atoms with Gasteiger partial charge in [0.25, 0.3) is 0 Å². The van der Waals surface area contributed by atoms with Gasteiger partial charge < -0.3 is 14.7 Å². The summed E-state index contributed by atoms with van der Waals surface area (Å²) in [5.41, 5.74) is 0.810. The molecule has 0 unspecified atom stereocenters. The van der Waals surface area contributed by atoms with Gasteiger partial charge in [0.1, 0.15) is 0 Å². The smallest absolute Gasteiger partial charge is 0.391 e. The molecule has 0 spiro atoms. The van der Waals surface area contributed by atoms with E-state index in [0.29, 0.717) is 24.6 Å². The lowest BCUT2D eigenvalue weighted by molar-refractivity contribution is -0.179. The average molecular weight is 446 g/mol. The van der Waals surface area contributed by atoms with Gasteiger partial charge >= 0.3 is 12.1 Å². The molecule has 0 aliphatic carbocycles. The van der Waals surface area contributed by atoms with E-state index < -0.39 is 30.3 Å². The Balaban J connectivity index is 1.57. The topological polar surface area (TPSA) is 62.7 Å². The zero-order valence-corrected chi connectivity index (χ0v) is 17.2. The third kappa shape index (κ3) is 5.41. The quantitative estimate of drug-likeness (QED) is 0.629. The second-order valence-corrected chi connectivity index (χ2v) is 8.38. The number of anilines is 1. The van der Waals surface area contributed by atoms with Crippen LogP contribution in [0.5, 0.6) is 5.75 Å². The minimum absolute atomic E-state index is 0.0175. The Morgan fingerprint density at radius 1 is 1.33 bits per heavy atom. The number of benzene rings is 1. The molecular weight excluding hydrogens is 424 g/mol. The van der Waals surface area contributed by atoms with E-state index in [1.165, 1.54) is 29.5 Å². The zero-order valence-electron chi connectivity index (χ0n) is 16.3. The van der Waals surface area contributed by atoms with Gasteiger partial charge in [0, 0.05) is 30.0 Å². The lowest BCUT2D eigenvalue weighted by Gasteiger charge is -2.32. The van der Waals surface area contributed by atoms with Crippen molar-refractivity contribution in [1.82, 2.24) is 4.98 Å². The van der Waals surface area contributed by atoms with Gasteiger partial charge in [-0.1, -0.05) is 12.1 Å². The van der Waals surface area contributed by atoms with Crippen LogP contribution in [0.2, 0.25) is 0 Å². The number of rotatable bonds is 7. The molecule has 0 amide bonds. The van der Waals surface area contributed by atoms with Crippen LogP contribution >= 0.6 is 11.3 Å². The third-order valence-electron chi connectivity index (χ3n) is 5.09. The third-order valence-corrected chi connectivity index (χ3v) is 6.17. The maximum atomic E-state index is 14.3. The maximum Gasteiger partial charge on any atom is 0.391 e. The Bertz CT molecular complexity index is 893. The molecule has 1 aliphatic rings. The van der Waals surface area contributed by atoms with Crippen molar-refractivity contribution < 1.29 is 32.2 Å². The number of carboxylic acid groups (broad SMARTS) is 1. The molecule has 10 heteroatoms. The highest BCUT2D eigenvalue weighted by Gasteiger charge is 2.41. The summed E-state index contributed by atoms with van der Waals surface area (Å²) in [6, 6.07) is 4.37. The summed E-state index contributed by atoms with van der Waals surface area (Å²) in [7, 11) is 0. The molecule has 1 aromatic heterocycles. The van der Waals surface area contributed by atoms with E-state index in [1.807, 2.05) is 11.8 Å². The highest BCUT2D eigenvalue weighted by Crippen LogP contribution is 2.36. The van der Waals surface area contributed by atoms with Crippen LogP contribution in [-0.4, -0.2) is 41.9 Å². The lowest BCUT2D eigenvalue weighted by atomic mass is 9.97. The molecule has 1 fully saturated rings. The van der Waals surface area contributed by atoms with Crippen molar-refractivity contribution >= 4 is 22.4 Å². The number of ether oxygens (including phenoxy) is 1. The fourth-order valence-electron chi connectivity index (χ4n) is 3.40. The van der Waals surface area contributed by atoms with Crippen molar-refractivity contribution in [2.75, 3.05) is 24.6 Å². The van der Waals surface area contributed by atoms with E-state index in [2.05, 4.69) is 4.98 Å². The van der Waals surface area contributed by atoms with Gasteiger partial charge in [-0.3, -0.25) is 4.79 Å². The number of hydrogen-bond acceptors (Lipinski definition) is 5. The first kappa shape index (κ1) is 22.3. The largest absolute Gasteiger partial charge is 0.490 e. The Morgan fingerprint density at radius 3 is 2.67 bits per heavy atom. The van der Waals surface area contributed by atoms with Gasteiger partial charge in [0.15, 0.2) is 16.7 Å². The first-order valence-corrected chi connectivity index (χ1v) is 10.4. The fourth-order valence-corrected chi connectivity index (χ4v) is 4.41.